The minimum absolute atomic E-state index is 0.167. The van der Waals surface area contributed by atoms with Crippen LogP contribution in [0.5, 0.6) is 0 Å². The van der Waals surface area contributed by atoms with Gasteiger partial charge in [0.15, 0.2) is 0 Å². The van der Waals surface area contributed by atoms with Gasteiger partial charge in [0.2, 0.25) is 10.0 Å². The summed E-state index contributed by atoms with van der Waals surface area (Å²) in [6.07, 6.45) is 4.45. The molecule has 1 fully saturated rings. The van der Waals surface area contributed by atoms with Crippen molar-refractivity contribution in [2.45, 2.75) is 50.0 Å². The molecule has 0 bridgehead atoms. The Balaban J connectivity index is 2.33. The molecule has 1 aromatic carbocycles. The molecule has 0 spiro atoms. The van der Waals surface area contributed by atoms with E-state index in [0.717, 1.165) is 37.7 Å². The van der Waals surface area contributed by atoms with Gasteiger partial charge in [0.05, 0.1) is 4.90 Å². The molecule has 0 atom stereocenters. The zero-order valence-corrected chi connectivity index (χ0v) is 13.0. The molecule has 116 valence electrons. The van der Waals surface area contributed by atoms with Crippen LogP contribution < -0.4 is 0 Å². The lowest BCUT2D eigenvalue weighted by Gasteiger charge is -2.32. The number of carboxylic acid groups (broad SMARTS) is 1. The van der Waals surface area contributed by atoms with Crippen molar-refractivity contribution in [2.24, 2.45) is 0 Å². The van der Waals surface area contributed by atoms with Crippen molar-refractivity contribution in [3.8, 4) is 0 Å². The first-order valence-corrected chi connectivity index (χ1v) is 8.65. The van der Waals surface area contributed by atoms with Crippen molar-refractivity contribution >= 4 is 16.0 Å². The van der Waals surface area contributed by atoms with Crippen LogP contribution in [0.3, 0.4) is 0 Å². The van der Waals surface area contributed by atoms with E-state index in [9.17, 15) is 13.2 Å². The molecule has 1 aromatic rings. The molecular weight excluding hydrogens is 290 g/mol. The maximum absolute atomic E-state index is 12.7. The summed E-state index contributed by atoms with van der Waals surface area (Å²) in [5.41, 5.74) is 0.969. The van der Waals surface area contributed by atoms with Crippen LogP contribution in [0.25, 0.3) is 0 Å². The molecule has 2 rings (SSSR count). The fraction of sp³-hybridized carbons (Fsp3) is 0.533. The highest BCUT2D eigenvalue weighted by Gasteiger charge is 2.33. The molecule has 21 heavy (non-hydrogen) atoms. The zero-order chi connectivity index (χ0) is 15.5. The van der Waals surface area contributed by atoms with Crippen molar-refractivity contribution < 1.29 is 18.3 Å². The second kappa shape index (κ2) is 6.58. The fourth-order valence-electron chi connectivity index (χ4n) is 2.76. The molecule has 0 aliphatic heterocycles. The van der Waals surface area contributed by atoms with Gasteiger partial charge in [-0.05, 0) is 31.9 Å². The standard InChI is InChI=1S/C15H21NO4S/c1-12-7-9-14(10-8-12)21(19,20)16(11-15(17)18)13-5-3-2-4-6-13/h7-10,13H,2-6,11H2,1H3,(H,17,18). The Labute approximate surface area is 125 Å². The third-order valence-electron chi connectivity index (χ3n) is 3.90. The topological polar surface area (TPSA) is 74.7 Å². The van der Waals surface area contributed by atoms with E-state index in [2.05, 4.69) is 0 Å². The number of nitrogens with zero attached hydrogens (tertiary/aromatic N) is 1. The van der Waals surface area contributed by atoms with Gasteiger partial charge in [-0.25, -0.2) is 8.42 Å². The van der Waals surface area contributed by atoms with Crippen molar-refractivity contribution in [3.05, 3.63) is 29.8 Å². The van der Waals surface area contributed by atoms with Gasteiger partial charge in [-0.1, -0.05) is 37.0 Å². The van der Waals surface area contributed by atoms with Gasteiger partial charge in [0.1, 0.15) is 6.54 Å². The van der Waals surface area contributed by atoms with Gasteiger partial charge in [0, 0.05) is 6.04 Å². The number of carboxylic acids is 1. The predicted molar refractivity (Wildman–Crippen MR) is 79.6 cm³/mol. The summed E-state index contributed by atoms with van der Waals surface area (Å²) < 4.78 is 26.6. The number of hydrogen-bond donors (Lipinski definition) is 1. The normalized spacial score (nSPS) is 17.0. The first-order chi connectivity index (χ1) is 9.91. The van der Waals surface area contributed by atoms with E-state index < -0.39 is 22.5 Å². The van der Waals surface area contributed by atoms with Crippen LogP contribution in [0.4, 0.5) is 0 Å². The quantitative estimate of drug-likeness (QED) is 0.906. The number of carbonyl (C=O) groups is 1. The number of aryl methyl sites for hydroxylation is 1. The van der Waals surface area contributed by atoms with E-state index in [0.29, 0.717) is 0 Å². The number of benzene rings is 1. The SMILES string of the molecule is Cc1ccc(S(=O)(=O)N(CC(=O)O)C2CCCCC2)cc1. The third-order valence-corrected chi connectivity index (χ3v) is 5.81. The van der Waals surface area contributed by atoms with E-state index in [1.165, 1.54) is 4.31 Å². The smallest absolute Gasteiger partial charge is 0.318 e. The molecule has 0 saturated heterocycles. The Morgan fingerprint density at radius 1 is 1.19 bits per heavy atom. The van der Waals surface area contributed by atoms with E-state index >= 15 is 0 Å². The summed E-state index contributed by atoms with van der Waals surface area (Å²) in [5.74, 6) is -1.11. The van der Waals surface area contributed by atoms with E-state index in [4.69, 9.17) is 5.11 Å². The van der Waals surface area contributed by atoms with Crippen LogP contribution >= 0.6 is 0 Å². The molecule has 0 radical (unpaired) electrons. The summed E-state index contributed by atoms with van der Waals surface area (Å²) in [6, 6.07) is 6.34. The van der Waals surface area contributed by atoms with Gasteiger partial charge in [-0.2, -0.15) is 4.31 Å². The van der Waals surface area contributed by atoms with Crippen LogP contribution in [-0.2, 0) is 14.8 Å². The van der Waals surface area contributed by atoms with E-state index in [-0.39, 0.29) is 10.9 Å². The van der Waals surface area contributed by atoms with Crippen molar-refractivity contribution in [1.82, 2.24) is 4.31 Å². The Bertz CT molecular complexity index is 589. The Morgan fingerprint density at radius 3 is 2.29 bits per heavy atom. The minimum atomic E-state index is -3.76. The summed E-state index contributed by atoms with van der Waals surface area (Å²) >= 11 is 0. The van der Waals surface area contributed by atoms with Gasteiger partial charge < -0.3 is 5.11 Å². The van der Waals surface area contributed by atoms with Gasteiger partial charge in [-0.15, -0.1) is 0 Å². The first-order valence-electron chi connectivity index (χ1n) is 7.21. The van der Waals surface area contributed by atoms with Crippen molar-refractivity contribution in [1.29, 1.82) is 0 Å². The molecule has 6 heteroatoms. The van der Waals surface area contributed by atoms with Crippen LogP contribution in [0.15, 0.2) is 29.2 Å². The second-order valence-electron chi connectivity index (χ2n) is 5.55. The molecule has 1 aliphatic carbocycles. The molecule has 0 amide bonds. The minimum Gasteiger partial charge on any atom is -0.480 e. The number of aliphatic carboxylic acids is 1. The zero-order valence-electron chi connectivity index (χ0n) is 12.2. The highest BCUT2D eigenvalue weighted by Crippen LogP contribution is 2.27. The van der Waals surface area contributed by atoms with E-state index in [1.807, 2.05) is 6.92 Å². The summed E-state index contributed by atoms with van der Waals surface area (Å²) in [7, 11) is -3.76. The lowest BCUT2D eigenvalue weighted by Crippen LogP contribution is -2.44. The van der Waals surface area contributed by atoms with Gasteiger partial charge in [-0.3, -0.25) is 4.79 Å². The molecular formula is C15H21NO4S. The average molecular weight is 311 g/mol. The number of rotatable bonds is 5. The second-order valence-corrected chi connectivity index (χ2v) is 7.44. The molecule has 5 nitrogen and oxygen atoms in total. The highest BCUT2D eigenvalue weighted by molar-refractivity contribution is 7.89. The lowest BCUT2D eigenvalue weighted by molar-refractivity contribution is -0.137. The van der Waals surface area contributed by atoms with Crippen molar-refractivity contribution in [2.75, 3.05) is 6.54 Å². The Hall–Kier alpha value is -1.40. The lowest BCUT2D eigenvalue weighted by atomic mass is 9.95. The molecule has 1 aliphatic rings. The monoisotopic (exact) mass is 311 g/mol. The number of sulfonamides is 1. The highest BCUT2D eigenvalue weighted by atomic mass is 32.2. The van der Waals surface area contributed by atoms with Crippen LogP contribution in [0.2, 0.25) is 0 Å². The summed E-state index contributed by atoms with van der Waals surface area (Å²) in [5, 5.41) is 9.06. The molecule has 1 N–H and O–H groups in total. The summed E-state index contributed by atoms with van der Waals surface area (Å²) in [6.45, 7) is 1.41. The average Bonchev–Trinajstić information content (AvgIpc) is 2.46. The fourth-order valence-corrected chi connectivity index (χ4v) is 4.39. The largest absolute Gasteiger partial charge is 0.480 e. The molecule has 0 unspecified atom stereocenters. The van der Waals surface area contributed by atoms with Crippen molar-refractivity contribution in [3.63, 3.8) is 0 Å². The first kappa shape index (κ1) is 16.0. The van der Waals surface area contributed by atoms with E-state index in [1.54, 1.807) is 24.3 Å². The third kappa shape index (κ3) is 3.83. The Kier molecular flexibility index (Phi) is 5.00. The molecule has 0 aromatic heterocycles. The maximum Gasteiger partial charge on any atom is 0.318 e. The Morgan fingerprint density at radius 2 is 1.76 bits per heavy atom. The maximum atomic E-state index is 12.7. The molecule has 1 saturated carbocycles. The van der Waals surface area contributed by atoms with Gasteiger partial charge >= 0.3 is 5.97 Å². The van der Waals surface area contributed by atoms with Crippen LogP contribution in [0, 0.1) is 6.92 Å². The summed E-state index contributed by atoms with van der Waals surface area (Å²) in [4.78, 5) is 11.2. The van der Waals surface area contributed by atoms with Crippen LogP contribution in [-0.4, -0.2) is 36.4 Å². The van der Waals surface area contributed by atoms with Crippen LogP contribution in [0.1, 0.15) is 37.7 Å². The predicted octanol–water partition coefficient (Wildman–Crippen LogP) is 2.40. The number of hydrogen-bond acceptors (Lipinski definition) is 3. The molecule has 0 heterocycles. The van der Waals surface area contributed by atoms with Gasteiger partial charge in [0.25, 0.3) is 0 Å².